The summed E-state index contributed by atoms with van der Waals surface area (Å²) in [5.41, 5.74) is 4.76. The molecule has 0 saturated carbocycles. The summed E-state index contributed by atoms with van der Waals surface area (Å²) in [5.74, 6) is -0.0925. The lowest BCUT2D eigenvalue weighted by Crippen LogP contribution is -2.14. The number of aryl methyl sites for hydroxylation is 2. The van der Waals surface area contributed by atoms with Crippen molar-refractivity contribution >= 4 is 33.2 Å². The Morgan fingerprint density at radius 3 is 2.33 bits per heavy atom. The first-order valence-electron chi connectivity index (χ1n) is 6.74. The molecule has 1 N–H and O–H groups in total. The van der Waals surface area contributed by atoms with E-state index in [9.17, 15) is 4.79 Å². The summed E-state index contributed by atoms with van der Waals surface area (Å²) in [5, 5.41) is 2.93. The first kappa shape index (κ1) is 15.6. The highest BCUT2D eigenvalue weighted by Gasteiger charge is 2.09. The Morgan fingerprint density at radius 1 is 1.05 bits per heavy atom. The van der Waals surface area contributed by atoms with Crippen molar-refractivity contribution in [3.8, 4) is 0 Å². The normalized spacial score (nSPS) is 10.3. The molecule has 0 atom stereocenters. The maximum absolute atomic E-state index is 12.3. The van der Waals surface area contributed by atoms with Crippen molar-refractivity contribution < 1.29 is 4.79 Å². The van der Waals surface area contributed by atoms with Crippen LogP contribution in [0.4, 0.5) is 11.4 Å². The third-order valence-electron chi connectivity index (χ3n) is 3.36. The summed E-state index contributed by atoms with van der Waals surface area (Å²) in [6, 6.07) is 11.5. The van der Waals surface area contributed by atoms with E-state index in [1.165, 1.54) is 0 Å². The molecule has 0 aromatic heterocycles. The maximum atomic E-state index is 12.3. The minimum Gasteiger partial charge on any atom is -0.377 e. The van der Waals surface area contributed by atoms with E-state index in [-0.39, 0.29) is 5.91 Å². The SMILES string of the molecule is Cc1cc(NC(=O)c2ccc(N(C)C)c(C)c2)ccc1Br. The van der Waals surface area contributed by atoms with E-state index in [1.54, 1.807) is 0 Å². The number of nitrogens with zero attached hydrogens (tertiary/aromatic N) is 1. The zero-order valence-corrected chi connectivity index (χ0v) is 14.3. The van der Waals surface area contributed by atoms with Gasteiger partial charge in [0.1, 0.15) is 0 Å². The molecule has 0 radical (unpaired) electrons. The van der Waals surface area contributed by atoms with Gasteiger partial charge in [-0.1, -0.05) is 15.9 Å². The standard InChI is InChI=1S/C17H19BrN2O/c1-11-10-14(6-7-15(11)18)19-17(21)13-5-8-16(20(3)4)12(2)9-13/h5-10H,1-4H3,(H,19,21). The minimum atomic E-state index is -0.0925. The van der Waals surface area contributed by atoms with Crippen molar-refractivity contribution in [2.75, 3.05) is 24.3 Å². The van der Waals surface area contributed by atoms with E-state index < -0.39 is 0 Å². The van der Waals surface area contributed by atoms with Crippen LogP contribution in [0.25, 0.3) is 0 Å². The smallest absolute Gasteiger partial charge is 0.255 e. The number of nitrogens with one attached hydrogen (secondary N) is 1. The number of rotatable bonds is 3. The van der Waals surface area contributed by atoms with Crippen LogP contribution >= 0.6 is 15.9 Å². The molecular formula is C17H19BrN2O. The number of benzene rings is 2. The van der Waals surface area contributed by atoms with E-state index in [1.807, 2.05) is 69.2 Å². The minimum absolute atomic E-state index is 0.0925. The zero-order chi connectivity index (χ0) is 15.6. The van der Waals surface area contributed by atoms with Crippen LogP contribution in [0.5, 0.6) is 0 Å². The summed E-state index contributed by atoms with van der Waals surface area (Å²) in [6.45, 7) is 4.01. The van der Waals surface area contributed by atoms with Crippen molar-refractivity contribution in [2.24, 2.45) is 0 Å². The second-order valence-electron chi connectivity index (χ2n) is 5.31. The van der Waals surface area contributed by atoms with Gasteiger partial charge in [0, 0.05) is 35.5 Å². The van der Waals surface area contributed by atoms with Gasteiger partial charge in [-0.3, -0.25) is 4.79 Å². The Labute approximate surface area is 134 Å². The van der Waals surface area contributed by atoms with Crippen molar-refractivity contribution in [2.45, 2.75) is 13.8 Å². The molecule has 2 rings (SSSR count). The Kier molecular flexibility index (Phi) is 4.68. The molecule has 0 saturated heterocycles. The van der Waals surface area contributed by atoms with Crippen LogP contribution in [-0.4, -0.2) is 20.0 Å². The second kappa shape index (κ2) is 6.31. The van der Waals surface area contributed by atoms with Gasteiger partial charge in [-0.2, -0.15) is 0 Å². The van der Waals surface area contributed by atoms with E-state index in [0.717, 1.165) is 27.0 Å². The number of carbonyl (C=O) groups excluding carboxylic acids is 1. The number of anilines is 2. The Bertz CT molecular complexity index is 680. The maximum Gasteiger partial charge on any atom is 0.255 e. The third kappa shape index (κ3) is 3.64. The highest BCUT2D eigenvalue weighted by atomic mass is 79.9. The predicted molar refractivity (Wildman–Crippen MR) is 92.3 cm³/mol. The van der Waals surface area contributed by atoms with Gasteiger partial charge in [0.25, 0.3) is 5.91 Å². The predicted octanol–water partition coefficient (Wildman–Crippen LogP) is 4.38. The fourth-order valence-corrected chi connectivity index (χ4v) is 2.47. The molecule has 1 amide bonds. The van der Waals surface area contributed by atoms with Gasteiger partial charge >= 0.3 is 0 Å². The lowest BCUT2D eigenvalue weighted by molar-refractivity contribution is 0.102. The van der Waals surface area contributed by atoms with Crippen molar-refractivity contribution in [1.29, 1.82) is 0 Å². The van der Waals surface area contributed by atoms with Crippen LogP contribution in [0.15, 0.2) is 40.9 Å². The number of hydrogen-bond acceptors (Lipinski definition) is 2. The average Bonchev–Trinajstić information content (AvgIpc) is 2.42. The Balaban J connectivity index is 2.20. The van der Waals surface area contributed by atoms with Crippen molar-refractivity contribution in [3.05, 3.63) is 57.6 Å². The molecule has 0 bridgehead atoms. The van der Waals surface area contributed by atoms with Crippen molar-refractivity contribution in [3.63, 3.8) is 0 Å². The number of halogens is 1. The van der Waals surface area contributed by atoms with E-state index in [0.29, 0.717) is 5.56 Å². The molecule has 0 aliphatic rings. The van der Waals surface area contributed by atoms with Gasteiger partial charge in [-0.05, 0) is 61.4 Å². The fraction of sp³-hybridized carbons (Fsp3) is 0.235. The van der Waals surface area contributed by atoms with Crippen LogP contribution in [0.2, 0.25) is 0 Å². The number of amides is 1. The molecule has 0 aliphatic carbocycles. The van der Waals surface area contributed by atoms with Crippen LogP contribution < -0.4 is 10.2 Å². The third-order valence-corrected chi connectivity index (χ3v) is 4.25. The van der Waals surface area contributed by atoms with Gasteiger partial charge in [0.2, 0.25) is 0 Å². The summed E-state index contributed by atoms with van der Waals surface area (Å²) in [7, 11) is 3.99. The lowest BCUT2D eigenvalue weighted by Gasteiger charge is -2.16. The zero-order valence-electron chi connectivity index (χ0n) is 12.7. The molecule has 3 nitrogen and oxygen atoms in total. The van der Waals surface area contributed by atoms with Crippen LogP contribution in [0.1, 0.15) is 21.5 Å². The molecule has 0 aliphatic heterocycles. The molecule has 0 spiro atoms. The quantitative estimate of drug-likeness (QED) is 0.893. The van der Waals surface area contributed by atoms with Gasteiger partial charge in [-0.15, -0.1) is 0 Å². The molecule has 2 aromatic carbocycles. The van der Waals surface area contributed by atoms with E-state index in [4.69, 9.17) is 0 Å². The Hall–Kier alpha value is -1.81. The lowest BCUT2D eigenvalue weighted by atomic mass is 10.1. The van der Waals surface area contributed by atoms with Gasteiger partial charge in [0.15, 0.2) is 0 Å². The van der Waals surface area contributed by atoms with Crippen LogP contribution in [0, 0.1) is 13.8 Å². The molecular weight excluding hydrogens is 328 g/mol. The summed E-state index contributed by atoms with van der Waals surface area (Å²) in [4.78, 5) is 14.3. The van der Waals surface area contributed by atoms with Crippen LogP contribution in [0.3, 0.4) is 0 Å². The number of hydrogen-bond donors (Lipinski definition) is 1. The highest BCUT2D eigenvalue weighted by molar-refractivity contribution is 9.10. The molecule has 0 unspecified atom stereocenters. The first-order chi connectivity index (χ1) is 9.88. The molecule has 0 heterocycles. The van der Waals surface area contributed by atoms with E-state index in [2.05, 4.69) is 21.2 Å². The van der Waals surface area contributed by atoms with Gasteiger partial charge < -0.3 is 10.2 Å². The molecule has 0 fully saturated rings. The number of carbonyl (C=O) groups is 1. The molecule has 21 heavy (non-hydrogen) atoms. The van der Waals surface area contributed by atoms with Gasteiger partial charge in [-0.25, -0.2) is 0 Å². The second-order valence-corrected chi connectivity index (χ2v) is 6.17. The average molecular weight is 347 g/mol. The summed E-state index contributed by atoms with van der Waals surface area (Å²) < 4.78 is 1.03. The molecule has 4 heteroatoms. The van der Waals surface area contributed by atoms with Crippen molar-refractivity contribution in [1.82, 2.24) is 0 Å². The topological polar surface area (TPSA) is 32.3 Å². The first-order valence-corrected chi connectivity index (χ1v) is 7.53. The monoisotopic (exact) mass is 346 g/mol. The molecule has 110 valence electrons. The Morgan fingerprint density at radius 2 is 1.76 bits per heavy atom. The fourth-order valence-electron chi connectivity index (χ4n) is 2.22. The van der Waals surface area contributed by atoms with E-state index >= 15 is 0 Å². The summed E-state index contributed by atoms with van der Waals surface area (Å²) in [6.07, 6.45) is 0. The van der Waals surface area contributed by atoms with Crippen LogP contribution in [-0.2, 0) is 0 Å². The highest BCUT2D eigenvalue weighted by Crippen LogP contribution is 2.22. The molecule has 2 aromatic rings. The largest absolute Gasteiger partial charge is 0.377 e. The van der Waals surface area contributed by atoms with Gasteiger partial charge in [0.05, 0.1) is 0 Å². The summed E-state index contributed by atoms with van der Waals surface area (Å²) >= 11 is 3.45.